The topological polar surface area (TPSA) is 68.2 Å². The molecule has 2 N–H and O–H groups in total. The Balaban J connectivity index is 1.29. The Labute approximate surface area is 192 Å². The van der Waals surface area contributed by atoms with Gasteiger partial charge in [-0.1, -0.05) is 30.3 Å². The van der Waals surface area contributed by atoms with E-state index in [0.29, 0.717) is 28.8 Å². The number of fused-ring (bicyclic) bond motifs is 2. The number of nitrogens with zero attached hydrogens (tertiary/aromatic N) is 2. The second-order valence-corrected chi connectivity index (χ2v) is 8.81. The van der Waals surface area contributed by atoms with Crippen LogP contribution in [0.5, 0.6) is 0 Å². The summed E-state index contributed by atoms with van der Waals surface area (Å²) in [5.41, 5.74) is 4.21. The summed E-state index contributed by atoms with van der Waals surface area (Å²) in [5.74, 6) is -0.553. The van der Waals surface area contributed by atoms with Crippen molar-refractivity contribution in [2.75, 3.05) is 13.1 Å². The van der Waals surface area contributed by atoms with Gasteiger partial charge in [0, 0.05) is 49.4 Å². The van der Waals surface area contributed by atoms with E-state index in [4.69, 9.17) is 5.26 Å². The van der Waals surface area contributed by atoms with Crippen molar-refractivity contribution in [3.05, 3.63) is 94.8 Å². The van der Waals surface area contributed by atoms with Crippen LogP contribution < -0.4 is 10.6 Å². The highest BCUT2D eigenvalue weighted by atomic mass is 19.1. The summed E-state index contributed by atoms with van der Waals surface area (Å²) in [6.07, 6.45) is 1.21. The number of benzene rings is 3. The third kappa shape index (κ3) is 4.65. The van der Waals surface area contributed by atoms with Gasteiger partial charge in [-0.15, -0.1) is 0 Å². The molecule has 166 valence electrons. The smallest absolute Gasteiger partial charge is 0.251 e. The van der Waals surface area contributed by atoms with E-state index in [-0.39, 0.29) is 18.3 Å². The highest BCUT2D eigenvalue weighted by molar-refractivity contribution is 5.94. The molecule has 6 heteroatoms. The Morgan fingerprint density at radius 3 is 2.79 bits per heavy atom. The molecule has 2 aliphatic rings. The van der Waals surface area contributed by atoms with Crippen molar-refractivity contribution in [2.24, 2.45) is 0 Å². The minimum absolute atomic E-state index is 0.269. The van der Waals surface area contributed by atoms with E-state index < -0.39 is 0 Å². The Kier molecular flexibility index (Phi) is 5.91. The van der Waals surface area contributed by atoms with Crippen LogP contribution in [0.4, 0.5) is 4.39 Å². The summed E-state index contributed by atoms with van der Waals surface area (Å²) in [4.78, 5) is 15.0. The summed E-state index contributed by atoms with van der Waals surface area (Å²) in [7, 11) is 0. The molecule has 0 aromatic heterocycles. The van der Waals surface area contributed by atoms with E-state index in [0.717, 1.165) is 30.8 Å². The Bertz CT molecular complexity index is 1230. The first-order valence-corrected chi connectivity index (χ1v) is 11.2. The van der Waals surface area contributed by atoms with Crippen LogP contribution in [0, 0.1) is 17.1 Å². The molecule has 0 aliphatic carbocycles. The van der Waals surface area contributed by atoms with Crippen LogP contribution in [0.25, 0.3) is 11.1 Å². The fourth-order valence-electron chi connectivity index (χ4n) is 4.83. The quantitative estimate of drug-likeness (QED) is 0.611. The van der Waals surface area contributed by atoms with Crippen molar-refractivity contribution < 1.29 is 9.18 Å². The van der Waals surface area contributed by atoms with Crippen LogP contribution in [0.15, 0.2) is 66.7 Å². The Morgan fingerprint density at radius 2 is 2.00 bits per heavy atom. The lowest BCUT2D eigenvalue weighted by atomic mass is 10.00. The van der Waals surface area contributed by atoms with E-state index in [1.165, 1.54) is 18.1 Å². The summed E-state index contributed by atoms with van der Waals surface area (Å²) in [6, 6.07) is 22.8. The predicted octanol–water partition coefficient (Wildman–Crippen LogP) is 3.84. The Morgan fingerprint density at radius 1 is 1.12 bits per heavy atom. The van der Waals surface area contributed by atoms with Gasteiger partial charge in [0.1, 0.15) is 5.82 Å². The Hall–Kier alpha value is -3.53. The minimum Gasteiger partial charge on any atom is -0.348 e. The normalized spacial score (nSPS) is 19.4. The van der Waals surface area contributed by atoms with Crippen LogP contribution in [0.1, 0.15) is 33.5 Å². The van der Waals surface area contributed by atoms with Crippen molar-refractivity contribution in [3.8, 4) is 17.2 Å². The number of hydrogen-bond acceptors (Lipinski definition) is 4. The van der Waals surface area contributed by atoms with Gasteiger partial charge >= 0.3 is 0 Å². The first kappa shape index (κ1) is 21.3. The molecular weight excluding hydrogens is 415 g/mol. The van der Waals surface area contributed by atoms with Gasteiger partial charge in [-0.2, -0.15) is 5.26 Å². The SMILES string of the molecule is N#Cc1cccc(C(=O)NCc2ccc(F)c(-c3cccc(CN4C[C@@H]5C[C@H]4CN5)c3)c2)c1. The summed E-state index contributed by atoms with van der Waals surface area (Å²) < 4.78 is 14.7. The molecule has 0 saturated carbocycles. The molecule has 0 unspecified atom stereocenters. The largest absolute Gasteiger partial charge is 0.348 e. The minimum atomic E-state index is -0.284. The van der Waals surface area contributed by atoms with Crippen LogP contribution in [0.2, 0.25) is 0 Å². The van der Waals surface area contributed by atoms with E-state index in [2.05, 4.69) is 27.7 Å². The number of hydrogen-bond donors (Lipinski definition) is 2. The van der Waals surface area contributed by atoms with Gasteiger partial charge < -0.3 is 10.6 Å². The number of nitrogens with one attached hydrogen (secondary N) is 2. The zero-order valence-corrected chi connectivity index (χ0v) is 18.2. The average molecular weight is 441 g/mol. The summed E-state index contributed by atoms with van der Waals surface area (Å²) in [6.45, 7) is 3.26. The molecule has 0 spiro atoms. The second-order valence-electron chi connectivity index (χ2n) is 8.81. The molecule has 2 atom stereocenters. The molecule has 2 heterocycles. The van der Waals surface area contributed by atoms with Crippen LogP contribution in [-0.2, 0) is 13.1 Å². The highest BCUT2D eigenvalue weighted by Crippen LogP contribution is 2.28. The molecule has 33 heavy (non-hydrogen) atoms. The highest BCUT2D eigenvalue weighted by Gasteiger charge is 2.37. The van der Waals surface area contributed by atoms with E-state index >= 15 is 0 Å². The molecule has 1 amide bonds. The zero-order valence-electron chi connectivity index (χ0n) is 18.2. The predicted molar refractivity (Wildman–Crippen MR) is 125 cm³/mol. The molecule has 2 fully saturated rings. The van der Waals surface area contributed by atoms with Crippen molar-refractivity contribution >= 4 is 5.91 Å². The van der Waals surface area contributed by atoms with Crippen LogP contribution in [-0.4, -0.2) is 36.0 Å². The average Bonchev–Trinajstić information content (AvgIpc) is 3.47. The molecule has 2 aliphatic heterocycles. The maximum Gasteiger partial charge on any atom is 0.251 e. The number of nitriles is 1. The van der Waals surface area contributed by atoms with Gasteiger partial charge in [-0.05, 0) is 59.5 Å². The molecule has 2 saturated heterocycles. The van der Waals surface area contributed by atoms with Crippen LogP contribution >= 0.6 is 0 Å². The standard InChI is InChI=1S/C27H25FN4O/c28-26-8-7-19(14-31-27(33)22-6-1-3-18(9-22)13-29)11-25(26)21-5-2-4-20(10-21)16-32-17-23-12-24(32)15-30-23/h1-11,23-24,30H,12,14-17H2,(H,31,33)/t23-,24-/m0/s1. The molecule has 5 rings (SSSR count). The molecule has 2 bridgehead atoms. The van der Waals surface area contributed by atoms with Gasteiger partial charge in [-0.3, -0.25) is 9.69 Å². The number of carbonyl (C=O) groups is 1. The first-order valence-electron chi connectivity index (χ1n) is 11.2. The number of carbonyl (C=O) groups excluding carboxylic acids is 1. The second kappa shape index (κ2) is 9.14. The molecular formula is C27H25FN4O. The third-order valence-electron chi connectivity index (χ3n) is 6.53. The van der Waals surface area contributed by atoms with Crippen molar-refractivity contribution in [3.63, 3.8) is 0 Å². The van der Waals surface area contributed by atoms with Crippen molar-refractivity contribution in [2.45, 2.75) is 31.6 Å². The third-order valence-corrected chi connectivity index (χ3v) is 6.53. The van der Waals surface area contributed by atoms with Gasteiger partial charge in [0.15, 0.2) is 0 Å². The summed E-state index contributed by atoms with van der Waals surface area (Å²) >= 11 is 0. The van der Waals surface area contributed by atoms with Crippen molar-refractivity contribution in [1.82, 2.24) is 15.5 Å². The van der Waals surface area contributed by atoms with E-state index in [1.807, 2.05) is 18.2 Å². The van der Waals surface area contributed by atoms with E-state index in [1.54, 1.807) is 36.4 Å². The number of likely N-dealkylation sites (tertiary alicyclic amines) is 1. The number of halogens is 1. The van der Waals surface area contributed by atoms with Gasteiger partial charge in [-0.25, -0.2) is 4.39 Å². The fourth-order valence-corrected chi connectivity index (χ4v) is 4.83. The lowest BCUT2D eigenvalue weighted by molar-refractivity contribution is 0.0951. The monoisotopic (exact) mass is 440 g/mol. The molecule has 3 aromatic rings. The van der Waals surface area contributed by atoms with Gasteiger partial charge in [0.05, 0.1) is 11.6 Å². The molecule has 5 nitrogen and oxygen atoms in total. The zero-order chi connectivity index (χ0) is 22.8. The number of piperazine rings is 1. The fraction of sp³-hybridized carbons (Fsp3) is 0.259. The number of amides is 1. The van der Waals surface area contributed by atoms with Crippen LogP contribution in [0.3, 0.4) is 0 Å². The first-order chi connectivity index (χ1) is 16.1. The molecule has 0 radical (unpaired) electrons. The lowest BCUT2D eigenvalue weighted by Gasteiger charge is -2.27. The van der Waals surface area contributed by atoms with Gasteiger partial charge in [0.2, 0.25) is 0 Å². The lowest BCUT2D eigenvalue weighted by Crippen LogP contribution is -2.42. The maximum atomic E-state index is 14.7. The van der Waals surface area contributed by atoms with Crippen molar-refractivity contribution in [1.29, 1.82) is 5.26 Å². The maximum absolute atomic E-state index is 14.7. The molecule has 3 aromatic carbocycles. The van der Waals surface area contributed by atoms with Gasteiger partial charge in [0.25, 0.3) is 5.91 Å². The van der Waals surface area contributed by atoms with E-state index in [9.17, 15) is 9.18 Å². The summed E-state index contributed by atoms with van der Waals surface area (Å²) in [5, 5.41) is 15.4. The number of rotatable bonds is 6.